The van der Waals surface area contributed by atoms with Gasteiger partial charge in [0.2, 0.25) is 11.8 Å². The third-order valence-electron chi connectivity index (χ3n) is 8.26. The van der Waals surface area contributed by atoms with Gasteiger partial charge in [-0.1, -0.05) is 67.6 Å². The van der Waals surface area contributed by atoms with Crippen molar-refractivity contribution >= 4 is 23.5 Å². The highest BCUT2D eigenvalue weighted by Gasteiger charge is 2.31. The van der Waals surface area contributed by atoms with E-state index in [2.05, 4.69) is 22.5 Å². The Balaban J connectivity index is 1.34. The summed E-state index contributed by atoms with van der Waals surface area (Å²) in [5, 5.41) is 5.48. The number of amides is 3. The molecule has 2 atom stereocenters. The molecule has 1 aliphatic heterocycles. The zero-order valence-corrected chi connectivity index (χ0v) is 27.7. The first-order chi connectivity index (χ1) is 23.1. The van der Waals surface area contributed by atoms with Gasteiger partial charge in [0.15, 0.2) is 5.82 Å². The number of nitrogens with one attached hydrogen (secondary N) is 2. The molecule has 0 saturated carbocycles. The normalized spacial score (nSPS) is 15.0. The minimum atomic E-state index is -1.21. The van der Waals surface area contributed by atoms with Crippen molar-refractivity contribution in [2.24, 2.45) is 11.7 Å². The molecule has 11 nitrogen and oxygen atoms in total. The zero-order chi connectivity index (χ0) is 34.1. The lowest BCUT2D eigenvalue weighted by Crippen LogP contribution is -2.56. The van der Waals surface area contributed by atoms with Crippen LogP contribution in [0.15, 0.2) is 97.5 Å². The molecule has 0 aliphatic carbocycles. The Morgan fingerprint density at radius 3 is 2.21 bits per heavy atom. The first-order valence-electron chi connectivity index (χ1n) is 16.2. The fourth-order valence-corrected chi connectivity index (χ4v) is 5.34. The number of hydrogen-bond donors (Lipinski definition) is 3. The molecule has 11 heteroatoms. The van der Waals surface area contributed by atoms with Crippen LogP contribution in [0.1, 0.15) is 50.8 Å². The molecular formula is C37H44N6O5. The van der Waals surface area contributed by atoms with Crippen LogP contribution in [0, 0.1) is 5.92 Å². The number of ether oxygens (including phenoxy) is 2. The fourth-order valence-electron chi connectivity index (χ4n) is 5.34. The highest BCUT2D eigenvalue weighted by Crippen LogP contribution is 2.29. The van der Waals surface area contributed by atoms with Crippen molar-refractivity contribution in [2.75, 3.05) is 25.0 Å². The monoisotopic (exact) mass is 652 g/mol. The molecule has 1 aromatic heterocycles. The lowest BCUT2D eigenvalue weighted by atomic mass is 9.97. The molecule has 4 N–H and O–H groups in total. The molecule has 48 heavy (non-hydrogen) atoms. The molecule has 1 saturated heterocycles. The number of imidazole rings is 1. The lowest BCUT2D eigenvalue weighted by Gasteiger charge is -2.33. The standard InChI is InChI=1S/C37H44N6O5/c1-26-18-20-42(21-19-26)35(45)33(28-14-16-30(17-15-28)48-29-12-8-5-9-13-29)43-22-32(39-25-43)41-34(44)31(40-36(46)37(2,3)38)24-47-23-27-10-6-4-7-11-27/h4-17,22,25-26,31,33H,18-21,23-24,38H2,1-3H3,(H,40,46)(H,41,44)/t31-,33?/m1/s1. The van der Waals surface area contributed by atoms with Crippen molar-refractivity contribution in [3.05, 3.63) is 109 Å². The van der Waals surface area contributed by atoms with Gasteiger partial charge >= 0.3 is 0 Å². The quantitative estimate of drug-likeness (QED) is 0.187. The second kappa shape index (κ2) is 15.7. The molecule has 252 valence electrons. The van der Waals surface area contributed by atoms with Crippen LogP contribution in [0.5, 0.6) is 11.5 Å². The van der Waals surface area contributed by atoms with Crippen molar-refractivity contribution in [3.8, 4) is 11.5 Å². The summed E-state index contributed by atoms with van der Waals surface area (Å²) in [4.78, 5) is 46.6. The van der Waals surface area contributed by atoms with Gasteiger partial charge in [0.05, 0.1) is 25.1 Å². The SMILES string of the molecule is CC1CCN(C(=O)C(c2ccc(Oc3ccccc3)cc2)n2cnc(NC(=O)[C@@H](COCc3ccccc3)NC(=O)C(C)(C)N)c2)CC1. The van der Waals surface area contributed by atoms with E-state index < -0.39 is 29.4 Å². The minimum absolute atomic E-state index is 0.0569. The minimum Gasteiger partial charge on any atom is -0.457 e. The number of anilines is 1. The van der Waals surface area contributed by atoms with Gasteiger partial charge in [-0.05, 0) is 68.0 Å². The van der Waals surface area contributed by atoms with E-state index in [4.69, 9.17) is 15.2 Å². The summed E-state index contributed by atoms with van der Waals surface area (Å²) in [6, 6.07) is 24.7. The number of carbonyl (C=O) groups is 3. The Kier molecular flexibility index (Phi) is 11.3. The third-order valence-corrected chi connectivity index (χ3v) is 8.26. The predicted molar refractivity (Wildman–Crippen MR) is 183 cm³/mol. The van der Waals surface area contributed by atoms with Crippen LogP contribution >= 0.6 is 0 Å². The molecule has 1 fully saturated rings. The summed E-state index contributed by atoms with van der Waals surface area (Å²) in [6.07, 6.45) is 5.03. The Labute approximate surface area is 281 Å². The number of hydrogen-bond acceptors (Lipinski definition) is 7. The Morgan fingerprint density at radius 2 is 1.56 bits per heavy atom. The molecule has 0 bridgehead atoms. The van der Waals surface area contributed by atoms with E-state index in [0.29, 0.717) is 30.5 Å². The summed E-state index contributed by atoms with van der Waals surface area (Å²) < 4.78 is 13.5. The molecule has 4 aromatic rings. The molecule has 1 unspecified atom stereocenters. The molecule has 5 rings (SSSR count). The number of benzene rings is 3. The summed E-state index contributed by atoms with van der Waals surface area (Å²) in [5.74, 6) is 1.06. The number of likely N-dealkylation sites (tertiary alicyclic amines) is 1. The molecule has 3 amide bonds. The highest BCUT2D eigenvalue weighted by atomic mass is 16.5. The van der Waals surface area contributed by atoms with Gasteiger partial charge in [0, 0.05) is 19.3 Å². The predicted octanol–water partition coefficient (Wildman–Crippen LogP) is 4.90. The summed E-state index contributed by atoms with van der Waals surface area (Å²) in [7, 11) is 0. The Hall–Kier alpha value is -5.00. The van der Waals surface area contributed by atoms with E-state index in [1.54, 1.807) is 24.6 Å². The first kappa shape index (κ1) is 34.3. The molecule has 3 aromatic carbocycles. The number of carbonyl (C=O) groups excluding carboxylic acids is 3. The van der Waals surface area contributed by atoms with Gasteiger partial charge in [-0.25, -0.2) is 4.98 Å². The number of aromatic nitrogens is 2. The van der Waals surface area contributed by atoms with Gasteiger partial charge in [-0.3, -0.25) is 14.4 Å². The van der Waals surface area contributed by atoms with Gasteiger partial charge in [-0.2, -0.15) is 0 Å². The van der Waals surface area contributed by atoms with Crippen LogP contribution in [-0.4, -0.2) is 63.4 Å². The number of rotatable bonds is 13. The van der Waals surface area contributed by atoms with Crippen molar-refractivity contribution in [1.29, 1.82) is 0 Å². The maximum Gasteiger partial charge on any atom is 0.250 e. The maximum atomic E-state index is 14.1. The summed E-state index contributed by atoms with van der Waals surface area (Å²) >= 11 is 0. The van der Waals surface area contributed by atoms with Gasteiger partial charge in [0.1, 0.15) is 23.6 Å². The highest BCUT2D eigenvalue weighted by molar-refractivity contribution is 5.98. The smallest absolute Gasteiger partial charge is 0.250 e. The van der Waals surface area contributed by atoms with Gasteiger partial charge < -0.3 is 35.3 Å². The number of nitrogens with two attached hydrogens (primary N) is 1. The van der Waals surface area contributed by atoms with E-state index in [1.807, 2.05) is 89.8 Å². The largest absolute Gasteiger partial charge is 0.457 e. The third kappa shape index (κ3) is 9.30. The van der Waals surface area contributed by atoms with Crippen molar-refractivity contribution < 1.29 is 23.9 Å². The Bertz CT molecular complexity index is 1650. The Morgan fingerprint density at radius 1 is 0.938 bits per heavy atom. The van der Waals surface area contributed by atoms with Gasteiger partial charge in [0.25, 0.3) is 5.91 Å². The van der Waals surface area contributed by atoms with Crippen LogP contribution in [0.3, 0.4) is 0 Å². The molecule has 2 heterocycles. The maximum absolute atomic E-state index is 14.1. The molecule has 0 spiro atoms. The van der Waals surface area contributed by atoms with Crippen LogP contribution in [0.4, 0.5) is 5.82 Å². The van der Waals surface area contributed by atoms with Crippen LogP contribution in [0.25, 0.3) is 0 Å². The average Bonchev–Trinajstić information content (AvgIpc) is 3.53. The second-order valence-corrected chi connectivity index (χ2v) is 12.8. The van der Waals surface area contributed by atoms with Crippen LogP contribution in [-0.2, 0) is 25.7 Å². The fraction of sp³-hybridized carbons (Fsp3) is 0.351. The van der Waals surface area contributed by atoms with Crippen LogP contribution < -0.4 is 21.1 Å². The number of piperidine rings is 1. The van der Waals surface area contributed by atoms with Crippen molar-refractivity contribution in [1.82, 2.24) is 19.8 Å². The lowest BCUT2D eigenvalue weighted by molar-refractivity contribution is -0.135. The molecule has 1 aliphatic rings. The van der Waals surface area contributed by atoms with Gasteiger partial charge in [-0.15, -0.1) is 0 Å². The topological polar surface area (TPSA) is 141 Å². The summed E-state index contributed by atoms with van der Waals surface area (Å²) in [5.41, 5.74) is 6.46. The second-order valence-electron chi connectivity index (χ2n) is 12.8. The van der Waals surface area contributed by atoms with E-state index >= 15 is 0 Å². The van der Waals surface area contributed by atoms with Crippen molar-refractivity contribution in [3.63, 3.8) is 0 Å². The number of para-hydroxylation sites is 1. The van der Waals surface area contributed by atoms with Crippen molar-refractivity contribution in [2.45, 2.75) is 57.8 Å². The zero-order valence-electron chi connectivity index (χ0n) is 27.7. The van der Waals surface area contributed by atoms with E-state index in [0.717, 1.165) is 24.0 Å². The van der Waals surface area contributed by atoms with E-state index in [9.17, 15) is 14.4 Å². The first-order valence-corrected chi connectivity index (χ1v) is 16.2. The average molecular weight is 653 g/mol. The van der Waals surface area contributed by atoms with E-state index in [-0.39, 0.29) is 24.9 Å². The summed E-state index contributed by atoms with van der Waals surface area (Å²) in [6.45, 7) is 6.84. The van der Waals surface area contributed by atoms with Crippen LogP contribution in [0.2, 0.25) is 0 Å². The molecule has 0 radical (unpaired) electrons. The van der Waals surface area contributed by atoms with E-state index in [1.165, 1.54) is 6.33 Å². The number of nitrogens with zero attached hydrogens (tertiary/aromatic N) is 3. The molecular weight excluding hydrogens is 608 g/mol.